The molecule has 1 heterocycles. The Morgan fingerprint density at radius 1 is 1.29 bits per heavy atom. The van der Waals surface area contributed by atoms with Gasteiger partial charge in [0.25, 0.3) is 0 Å². The monoisotopic (exact) mass is 331 g/mol. The molecule has 0 spiro atoms. The molecular weight excluding hydrogens is 306 g/mol. The summed E-state index contributed by atoms with van der Waals surface area (Å²) in [7, 11) is 0. The first kappa shape index (κ1) is 18.1. The highest BCUT2D eigenvalue weighted by Gasteiger charge is 2.25. The minimum Gasteiger partial charge on any atom is -0.394 e. The van der Waals surface area contributed by atoms with Gasteiger partial charge >= 0.3 is 11.8 Å². The van der Waals surface area contributed by atoms with Crippen molar-refractivity contribution in [3.05, 3.63) is 36.2 Å². The van der Waals surface area contributed by atoms with Crippen molar-refractivity contribution in [1.29, 1.82) is 0 Å². The fraction of sp³-hybridized carbons (Fsp3) is 0.500. The van der Waals surface area contributed by atoms with E-state index in [0.717, 1.165) is 24.8 Å². The molecule has 1 aromatic heterocycles. The van der Waals surface area contributed by atoms with E-state index in [2.05, 4.69) is 21.7 Å². The number of hydrogen-bond acceptors (Lipinski definition) is 4. The van der Waals surface area contributed by atoms with Gasteiger partial charge in [0, 0.05) is 6.20 Å². The molecule has 6 heteroatoms. The van der Waals surface area contributed by atoms with Crippen LogP contribution in [-0.4, -0.2) is 34.6 Å². The van der Waals surface area contributed by atoms with E-state index in [0.29, 0.717) is 5.69 Å². The fourth-order valence-corrected chi connectivity index (χ4v) is 2.76. The molecule has 3 N–H and O–H groups in total. The molecule has 2 rings (SSSR count). The molecule has 24 heavy (non-hydrogen) atoms. The van der Waals surface area contributed by atoms with E-state index in [1.165, 1.54) is 6.20 Å². The number of rotatable bonds is 5. The van der Waals surface area contributed by atoms with Crippen LogP contribution >= 0.6 is 0 Å². The Kier molecular flexibility index (Phi) is 6.49. The van der Waals surface area contributed by atoms with Crippen molar-refractivity contribution in [2.75, 3.05) is 11.9 Å². The van der Waals surface area contributed by atoms with Gasteiger partial charge in [0.1, 0.15) is 0 Å². The highest BCUT2D eigenvalue weighted by molar-refractivity contribution is 6.39. The Labute approximate surface area is 142 Å². The minimum absolute atomic E-state index is 0.155. The first-order valence-corrected chi connectivity index (χ1v) is 8.34. The number of nitrogens with one attached hydrogen (secondary N) is 2. The van der Waals surface area contributed by atoms with Crippen molar-refractivity contribution < 1.29 is 14.7 Å². The molecule has 1 aliphatic rings. The number of carbonyl (C=O) groups is 2. The molecule has 1 aliphatic carbocycles. The summed E-state index contributed by atoms with van der Waals surface area (Å²) in [5.41, 5.74) is 1.47. The van der Waals surface area contributed by atoms with Gasteiger partial charge in [-0.1, -0.05) is 26.0 Å². The standard InChI is InChI=1S/C18H25N3O3/c1-12(2)14-8-15(10-19-9-14)20-17(23)18(24)21-16(11-22)13-6-4-3-5-7-13/h3-4,8-10,12-13,16,22H,5-7,11H2,1-2H3,(H,20,23)(H,21,24). The summed E-state index contributed by atoms with van der Waals surface area (Å²) in [5, 5.41) is 14.7. The quantitative estimate of drug-likeness (QED) is 0.568. The number of aliphatic hydroxyl groups is 1. The third-order valence-corrected chi connectivity index (χ3v) is 4.28. The summed E-state index contributed by atoms with van der Waals surface area (Å²) in [6.07, 6.45) is 10.00. The number of nitrogens with zero attached hydrogens (tertiary/aromatic N) is 1. The van der Waals surface area contributed by atoms with E-state index in [-0.39, 0.29) is 18.4 Å². The lowest BCUT2D eigenvalue weighted by molar-refractivity contribution is -0.137. The van der Waals surface area contributed by atoms with E-state index in [1.54, 1.807) is 12.3 Å². The number of amides is 2. The highest BCUT2D eigenvalue weighted by Crippen LogP contribution is 2.21. The summed E-state index contributed by atoms with van der Waals surface area (Å²) in [6, 6.07) is 1.39. The maximum Gasteiger partial charge on any atom is 0.313 e. The van der Waals surface area contributed by atoms with Crippen LogP contribution in [0.2, 0.25) is 0 Å². The Bertz CT molecular complexity index is 613. The topological polar surface area (TPSA) is 91.3 Å². The van der Waals surface area contributed by atoms with Gasteiger partial charge in [0.15, 0.2) is 0 Å². The van der Waals surface area contributed by atoms with E-state index in [9.17, 15) is 14.7 Å². The number of aromatic nitrogens is 1. The minimum atomic E-state index is -0.748. The van der Waals surface area contributed by atoms with Crippen LogP contribution in [0, 0.1) is 5.92 Å². The number of carbonyl (C=O) groups excluding carboxylic acids is 2. The Morgan fingerprint density at radius 3 is 2.71 bits per heavy atom. The second-order valence-corrected chi connectivity index (χ2v) is 6.42. The molecule has 0 aliphatic heterocycles. The lowest BCUT2D eigenvalue weighted by Crippen LogP contribution is -2.47. The number of anilines is 1. The van der Waals surface area contributed by atoms with Crippen LogP contribution in [0.25, 0.3) is 0 Å². The van der Waals surface area contributed by atoms with E-state index in [4.69, 9.17) is 0 Å². The Balaban J connectivity index is 1.95. The molecule has 0 saturated carbocycles. The average Bonchev–Trinajstić information content (AvgIpc) is 2.60. The third kappa shape index (κ3) is 4.89. The van der Waals surface area contributed by atoms with Gasteiger partial charge < -0.3 is 15.7 Å². The van der Waals surface area contributed by atoms with Crippen LogP contribution < -0.4 is 10.6 Å². The molecule has 2 atom stereocenters. The molecule has 0 saturated heterocycles. The zero-order chi connectivity index (χ0) is 17.5. The fourth-order valence-electron chi connectivity index (χ4n) is 2.76. The lowest BCUT2D eigenvalue weighted by Gasteiger charge is -2.27. The second-order valence-electron chi connectivity index (χ2n) is 6.42. The van der Waals surface area contributed by atoms with Crippen molar-refractivity contribution in [2.45, 2.75) is 45.1 Å². The van der Waals surface area contributed by atoms with Gasteiger partial charge in [-0.15, -0.1) is 0 Å². The molecule has 0 aromatic carbocycles. The van der Waals surface area contributed by atoms with Crippen LogP contribution in [0.5, 0.6) is 0 Å². The van der Waals surface area contributed by atoms with Crippen LogP contribution in [0.1, 0.15) is 44.6 Å². The van der Waals surface area contributed by atoms with E-state index >= 15 is 0 Å². The third-order valence-electron chi connectivity index (χ3n) is 4.28. The molecule has 2 amide bonds. The first-order chi connectivity index (χ1) is 11.5. The molecule has 0 radical (unpaired) electrons. The average molecular weight is 331 g/mol. The molecule has 130 valence electrons. The molecular formula is C18H25N3O3. The number of pyridine rings is 1. The smallest absolute Gasteiger partial charge is 0.313 e. The molecule has 1 aromatic rings. The van der Waals surface area contributed by atoms with Gasteiger partial charge in [-0.2, -0.15) is 0 Å². The van der Waals surface area contributed by atoms with Crippen molar-refractivity contribution in [3.8, 4) is 0 Å². The predicted octanol–water partition coefficient (Wildman–Crippen LogP) is 1.98. The normalized spacial score (nSPS) is 18.2. The summed E-state index contributed by atoms with van der Waals surface area (Å²) in [4.78, 5) is 28.3. The van der Waals surface area contributed by atoms with Crippen molar-refractivity contribution >= 4 is 17.5 Å². The maximum atomic E-state index is 12.1. The van der Waals surface area contributed by atoms with Crippen LogP contribution in [0.4, 0.5) is 5.69 Å². The zero-order valence-corrected chi connectivity index (χ0v) is 14.2. The van der Waals surface area contributed by atoms with Gasteiger partial charge in [-0.25, -0.2) is 0 Å². The van der Waals surface area contributed by atoms with Gasteiger partial charge in [0.05, 0.1) is 24.5 Å². The van der Waals surface area contributed by atoms with E-state index < -0.39 is 17.9 Å². The second kappa shape index (κ2) is 8.59. The van der Waals surface area contributed by atoms with E-state index in [1.807, 2.05) is 19.9 Å². The maximum absolute atomic E-state index is 12.1. The van der Waals surface area contributed by atoms with Crippen molar-refractivity contribution in [1.82, 2.24) is 10.3 Å². The molecule has 0 fully saturated rings. The summed E-state index contributed by atoms with van der Waals surface area (Å²) in [5.74, 6) is -1.05. The molecule has 0 bridgehead atoms. The number of aliphatic hydroxyl groups excluding tert-OH is 1. The Morgan fingerprint density at radius 2 is 2.08 bits per heavy atom. The van der Waals surface area contributed by atoms with Crippen LogP contribution in [-0.2, 0) is 9.59 Å². The van der Waals surface area contributed by atoms with Crippen LogP contribution in [0.3, 0.4) is 0 Å². The van der Waals surface area contributed by atoms with Crippen LogP contribution in [0.15, 0.2) is 30.6 Å². The highest BCUT2D eigenvalue weighted by atomic mass is 16.3. The van der Waals surface area contributed by atoms with Gasteiger partial charge in [0.2, 0.25) is 0 Å². The molecule has 6 nitrogen and oxygen atoms in total. The SMILES string of the molecule is CC(C)c1cncc(NC(=O)C(=O)NC(CO)C2CC=CCC2)c1. The predicted molar refractivity (Wildman–Crippen MR) is 92.5 cm³/mol. The van der Waals surface area contributed by atoms with Gasteiger partial charge in [-0.3, -0.25) is 14.6 Å². The van der Waals surface area contributed by atoms with Crippen molar-refractivity contribution in [2.24, 2.45) is 5.92 Å². The summed E-state index contributed by atoms with van der Waals surface area (Å²) in [6.45, 7) is 3.88. The lowest BCUT2D eigenvalue weighted by atomic mass is 9.88. The van der Waals surface area contributed by atoms with Gasteiger partial charge in [-0.05, 0) is 42.7 Å². The number of allylic oxidation sites excluding steroid dienone is 2. The zero-order valence-electron chi connectivity index (χ0n) is 14.2. The summed E-state index contributed by atoms with van der Waals surface area (Å²) >= 11 is 0. The summed E-state index contributed by atoms with van der Waals surface area (Å²) < 4.78 is 0. The Hall–Kier alpha value is -2.21. The number of hydrogen-bond donors (Lipinski definition) is 3. The van der Waals surface area contributed by atoms with Crippen molar-refractivity contribution in [3.63, 3.8) is 0 Å². The first-order valence-electron chi connectivity index (χ1n) is 8.34. The largest absolute Gasteiger partial charge is 0.394 e. The molecule has 2 unspecified atom stereocenters.